The highest BCUT2D eigenvalue weighted by atomic mass is 16.5. The zero-order valence-electron chi connectivity index (χ0n) is 10.5. The Morgan fingerprint density at radius 2 is 2.17 bits per heavy atom. The minimum absolute atomic E-state index is 0.345. The number of aromatic nitrogens is 3. The molecule has 0 spiro atoms. The van der Waals surface area contributed by atoms with Crippen LogP contribution in [0, 0.1) is 0 Å². The molecule has 0 aliphatic rings. The normalized spacial score (nSPS) is 10.3. The van der Waals surface area contributed by atoms with Crippen molar-refractivity contribution in [2.45, 2.75) is 20.3 Å². The predicted octanol–water partition coefficient (Wildman–Crippen LogP) is 2.01. The van der Waals surface area contributed by atoms with Crippen LogP contribution in [0.5, 0.6) is 0 Å². The molecule has 0 N–H and O–H groups in total. The van der Waals surface area contributed by atoms with Gasteiger partial charge in [0.15, 0.2) is 5.82 Å². The lowest BCUT2D eigenvalue weighted by molar-refractivity contribution is 0.0526. The molecule has 94 valence electrons. The molecule has 5 nitrogen and oxygen atoms in total. The Balaban J connectivity index is 2.48. The largest absolute Gasteiger partial charge is 0.462 e. The van der Waals surface area contributed by atoms with Crippen molar-refractivity contribution in [1.29, 1.82) is 0 Å². The number of carbonyl (C=O) groups is 1. The molecule has 2 rings (SSSR count). The second kappa shape index (κ2) is 5.44. The summed E-state index contributed by atoms with van der Waals surface area (Å²) in [5.74, 6) is 1.06. The molecule has 0 fully saturated rings. The van der Waals surface area contributed by atoms with E-state index in [9.17, 15) is 4.79 Å². The van der Waals surface area contributed by atoms with Crippen molar-refractivity contribution in [2.75, 3.05) is 6.61 Å². The van der Waals surface area contributed by atoms with Crippen molar-refractivity contribution in [2.24, 2.45) is 0 Å². The van der Waals surface area contributed by atoms with Gasteiger partial charge in [0.2, 0.25) is 0 Å². The number of imidazole rings is 1. The smallest absolute Gasteiger partial charge is 0.341 e. The second-order valence-electron chi connectivity index (χ2n) is 3.66. The van der Waals surface area contributed by atoms with E-state index in [0.717, 1.165) is 12.2 Å². The van der Waals surface area contributed by atoms with Gasteiger partial charge in [-0.15, -0.1) is 0 Å². The maximum atomic E-state index is 11.9. The molecule has 0 aliphatic carbocycles. The molecule has 2 aromatic rings. The lowest BCUT2D eigenvalue weighted by Crippen LogP contribution is -2.12. The van der Waals surface area contributed by atoms with Crippen LogP contribution >= 0.6 is 0 Å². The van der Waals surface area contributed by atoms with Gasteiger partial charge in [-0.1, -0.05) is 6.92 Å². The van der Waals surface area contributed by atoms with Gasteiger partial charge in [0.1, 0.15) is 11.4 Å². The summed E-state index contributed by atoms with van der Waals surface area (Å²) in [6.07, 6.45) is 5.91. The quantitative estimate of drug-likeness (QED) is 0.773. The van der Waals surface area contributed by atoms with Gasteiger partial charge in [-0.3, -0.25) is 4.57 Å². The van der Waals surface area contributed by atoms with Crippen molar-refractivity contribution in [3.63, 3.8) is 0 Å². The highest BCUT2D eigenvalue weighted by Gasteiger charge is 2.16. The number of carbonyl (C=O) groups excluding carboxylic acids is 1. The maximum Gasteiger partial charge on any atom is 0.341 e. The monoisotopic (exact) mass is 245 g/mol. The van der Waals surface area contributed by atoms with Gasteiger partial charge in [-0.05, 0) is 19.1 Å². The first-order valence-corrected chi connectivity index (χ1v) is 5.92. The SMILES string of the molecule is CCOC(=O)c1cccnc1-n1ccnc1CC. The topological polar surface area (TPSA) is 57.0 Å². The molecule has 0 amide bonds. The maximum absolute atomic E-state index is 11.9. The van der Waals surface area contributed by atoms with E-state index >= 15 is 0 Å². The van der Waals surface area contributed by atoms with Gasteiger partial charge in [-0.25, -0.2) is 14.8 Å². The average Bonchev–Trinajstić information content (AvgIpc) is 2.87. The van der Waals surface area contributed by atoms with Crippen molar-refractivity contribution >= 4 is 5.97 Å². The molecular weight excluding hydrogens is 230 g/mol. The summed E-state index contributed by atoms with van der Waals surface area (Å²) in [6.45, 7) is 4.13. The van der Waals surface area contributed by atoms with Crippen LogP contribution in [0.2, 0.25) is 0 Å². The molecule has 0 saturated carbocycles. The third kappa shape index (κ3) is 2.25. The van der Waals surface area contributed by atoms with E-state index in [-0.39, 0.29) is 5.97 Å². The summed E-state index contributed by atoms with van der Waals surface area (Å²) in [5.41, 5.74) is 0.451. The molecule has 0 saturated heterocycles. The van der Waals surface area contributed by atoms with E-state index in [2.05, 4.69) is 9.97 Å². The van der Waals surface area contributed by atoms with Crippen LogP contribution in [0.3, 0.4) is 0 Å². The predicted molar refractivity (Wildman–Crippen MR) is 66.7 cm³/mol. The summed E-state index contributed by atoms with van der Waals surface area (Å²) in [5, 5.41) is 0. The van der Waals surface area contributed by atoms with Crippen LogP contribution in [0.4, 0.5) is 0 Å². The third-order valence-corrected chi connectivity index (χ3v) is 2.54. The van der Waals surface area contributed by atoms with Crippen LogP contribution in [0.25, 0.3) is 5.82 Å². The number of aryl methyl sites for hydroxylation is 1. The Labute approximate surface area is 105 Å². The lowest BCUT2D eigenvalue weighted by Gasteiger charge is -2.10. The number of ether oxygens (including phenoxy) is 1. The fourth-order valence-corrected chi connectivity index (χ4v) is 1.75. The Kier molecular flexibility index (Phi) is 3.72. The fourth-order valence-electron chi connectivity index (χ4n) is 1.75. The highest BCUT2D eigenvalue weighted by molar-refractivity contribution is 5.92. The molecule has 2 aromatic heterocycles. The molecule has 0 aliphatic heterocycles. The molecule has 0 bridgehead atoms. The van der Waals surface area contributed by atoms with Gasteiger partial charge in [0.25, 0.3) is 0 Å². The fraction of sp³-hybridized carbons (Fsp3) is 0.308. The number of rotatable bonds is 4. The first kappa shape index (κ1) is 12.3. The number of pyridine rings is 1. The number of esters is 1. The number of nitrogens with zero attached hydrogens (tertiary/aromatic N) is 3. The van der Waals surface area contributed by atoms with Crippen LogP contribution < -0.4 is 0 Å². The molecular formula is C13H15N3O2. The highest BCUT2D eigenvalue weighted by Crippen LogP contribution is 2.15. The van der Waals surface area contributed by atoms with E-state index in [1.807, 2.05) is 11.5 Å². The molecule has 0 unspecified atom stereocenters. The second-order valence-corrected chi connectivity index (χ2v) is 3.66. The van der Waals surface area contributed by atoms with Crippen LogP contribution in [-0.4, -0.2) is 27.1 Å². The van der Waals surface area contributed by atoms with Crippen molar-refractivity contribution in [3.05, 3.63) is 42.1 Å². The molecule has 5 heteroatoms. The van der Waals surface area contributed by atoms with E-state index in [4.69, 9.17) is 4.74 Å². The van der Waals surface area contributed by atoms with Gasteiger partial charge in [0, 0.05) is 25.0 Å². The molecule has 0 atom stereocenters. The first-order chi connectivity index (χ1) is 8.77. The molecule has 18 heavy (non-hydrogen) atoms. The molecule has 0 aromatic carbocycles. The van der Waals surface area contributed by atoms with Crippen molar-refractivity contribution < 1.29 is 9.53 Å². The van der Waals surface area contributed by atoms with Crippen LogP contribution in [0.15, 0.2) is 30.7 Å². The zero-order valence-corrected chi connectivity index (χ0v) is 10.5. The molecule has 0 radical (unpaired) electrons. The summed E-state index contributed by atoms with van der Waals surface area (Å²) < 4.78 is 6.84. The average molecular weight is 245 g/mol. The standard InChI is InChI=1S/C13H15N3O2/c1-3-11-14-8-9-16(11)12-10(6-5-7-15-12)13(17)18-4-2/h5-9H,3-4H2,1-2H3. The van der Waals surface area contributed by atoms with E-state index in [1.165, 1.54) is 0 Å². The minimum Gasteiger partial charge on any atom is -0.462 e. The van der Waals surface area contributed by atoms with Gasteiger partial charge < -0.3 is 4.74 Å². The molecule has 2 heterocycles. The summed E-state index contributed by atoms with van der Waals surface area (Å²) in [7, 11) is 0. The Bertz CT molecular complexity index is 549. The first-order valence-electron chi connectivity index (χ1n) is 5.92. The van der Waals surface area contributed by atoms with Crippen molar-refractivity contribution in [3.8, 4) is 5.82 Å². The number of hydrogen-bond acceptors (Lipinski definition) is 4. The summed E-state index contributed by atoms with van der Waals surface area (Å²) in [4.78, 5) is 20.3. The lowest BCUT2D eigenvalue weighted by atomic mass is 10.2. The van der Waals surface area contributed by atoms with Crippen molar-refractivity contribution in [1.82, 2.24) is 14.5 Å². The van der Waals surface area contributed by atoms with Crippen LogP contribution in [-0.2, 0) is 11.2 Å². The van der Waals surface area contributed by atoms with E-state index in [1.54, 1.807) is 37.6 Å². The van der Waals surface area contributed by atoms with Gasteiger partial charge in [-0.2, -0.15) is 0 Å². The van der Waals surface area contributed by atoms with Crippen LogP contribution in [0.1, 0.15) is 30.0 Å². The van der Waals surface area contributed by atoms with Gasteiger partial charge in [0.05, 0.1) is 6.61 Å². The Hall–Kier alpha value is -2.17. The Morgan fingerprint density at radius 3 is 2.89 bits per heavy atom. The zero-order chi connectivity index (χ0) is 13.0. The van der Waals surface area contributed by atoms with E-state index < -0.39 is 0 Å². The summed E-state index contributed by atoms with van der Waals surface area (Å²) in [6, 6.07) is 3.43. The minimum atomic E-state index is -0.364. The van der Waals surface area contributed by atoms with Gasteiger partial charge >= 0.3 is 5.97 Å². The third-order valence-electron chi connectivity index (χ3n) is 2.54. The number of hydrogen-bond donors (Lipinski definition) is 0. The van der Waals surface area contributed by atoms with E-state index in [0.29, 0.717) is 18.0 Å². The Morgan fingerprint density at radius 1 is 1.33 bits per heavy atom. The summed E-state index contributed by atoms with van der Waals surface area (Å²) >= 11 is 0.